The van der Waals surface area contributed by atoms with Crippen LogP contribution in [0.5, 0.6) is 0 Å². The molecule has 7 N–H and O–H groups in total. The molecule has 1 saturated heterocycles. The minimum absolute atomic E-state index is 0.0144. The van der Waals surface area contributed by atoms with Gasteiger partial charge in [-0.2, -0.15) is 15.2 Å². The summed E-state index contributed by atoms with van der Waals surface area (Å²) in [5.41, 5.74) is 14.2. The number of nitriles is 1. The van der Waals surface area contributed by atoms with Gasteiger partial charge in [0.1, 0.15) is 40.6 Å². The standard InChI is InChI=1S/C32H27FN10O5/c33-22-7-4-8-23-25(22)30(45)43(19-5-2-1-3-6-19)28(38-23)24-13-20(16-42(24)27-21(14-34)26(35)39-31(36)40-27)48-32(46)37-15-17-9-11-18(12-10-17)29(44)41-47/h1-12,20,24,47H,13,15-16H2,(H,37,46)(H,41,44)(H4,35,36,39,40)/t20-,24+/m1/s1. The molecular weight excluding hydrogens is 623 g/mol. The van der Waals surface area contributed by atoms with E-state index in [-0.39, 0.29) is 64.9 Å². The van der Waals surface area contributed by atoms with Crippen molar-refractivity contribution in [3.8, 4) is 11.8 Å². The van der Waals surface area contributed by atoms with Crippen LogP contribution in [0.1, 0.15) is 39.8 Å². The first-order chi connectivity index (χ1) is 23.2. The highest BCUT2D eigenvalue weighted by molar-refractivity contribution is 5.93. The van der Waals surface area contributed by atoms with Gasteiger partial charge in [0, 0.05) is 18.5 Å². The number of anilines is 3. The van der Waals surface area contributed by atoms with Crippen LogP contribution in [0.4, 0.5) is 26.8 Å². The summed E-state index contributed by atoms with van der Waals surface area (Å²) in [6.45, 7) is 0.0437. The van der Waals surface area contributed by atoms with E-state index < -0.39 is 35.5 Å². The SMILES string of the molecule is N#Cc1c(N)nc(N)nc1N1C[C@H](OC(=O)NCc2ccc(C(=O)NO)cc2)C[C@H]1c1nc2cccc(F)c2c(=O)n1-c1ccccc1. The highest BCUT2D eigenvalue weighted by Crippen LogP contribution is 2.39. The topological polar surface area (TPSA) is 227 Å². The molecule has 1 fully saturated rings. The number of nitrogens with two attached hydrogens (primary N) is 2. The lowest BCUT2D eigenvalue weighted by Crippen LogP contribution is -2.33. The Balaban J connectivity index is 1.38. The van der Waals surface area contributed by atoms with Gasteiger partial charge < -0.3 is 26.4 Å². The number of benzene rings is 3. The average molecular weight is 651 g/mol. The lowest BCUT2D eigenvalue weighted by atomic mass is 10.1. The first-order valence-corrected chi connectivity index (χ1v) is 14.5. The summed E-state index contributed by atoms with van der Waals surface area (Å²) in [5.74, 6) is -1.58. The molecule has 48 heavy (non-hydrogen) atoms. The molecule has 0 bridgehead atoms. The van der Waals surface area contributed by atoms with E-state index in [1.165, 1.54) is 34.9 Å². The lowest BCUT2D eigenvalue weighted by Gasteiger charge is -2.28. The second-order valence-electron chi connectivity index (χ2n) is 10.8. The molecule has 0 aliphatic carbocycles. The zero-order chi connectivity index (χ0) is 33.9. The number of carbonyl (C=O) groups is 2. The number of carbonyl (C=O) groups excluding carboxylic acids is 2. The number of aromatic nitrogens is 4. The van der Waals surface area contributed by atoms with Gasteiger partial charge in [0.25, 0.3) is 11.5 Å². The number of hydrogen-bond acceptors (Lipinski definition) is 12. The summed E-state index contributed by atoms with van der Waals surface area (Å²) in [4.78, 5) is 53.1. The van der Waals surface area contributed by atoms with Crippen molar-refractivity contribution in [3.05, 3.63) is 111 Å². The smallest absolute Gasteiger partial charge is 0.407 e. The van der Waals surface area contributed by atoms with Crippen molar-refractivity contribution in [3.63, 3.8) is 0 Å². The van der Waals surface area contributed by atoms with Gasteiger partial charge in [-0.05, 0) is 42.0 Å². The maximum absolute atomic E-state index is 15.0. The number of para-hydroxylation sites is 1. The molecule has 0 unspecified atom stereocenters. The van der Waals surface area contributed by atoms with E-state index >= 15 is 4.39 Å². The Hall–Kier alpha value is -6.60. The van der Waals surface area contributed by atoms with Crippen LogP contribution >= 0.6 is 0 Å². The summed E-state index contributed by atoms with van der Waals surface area (Å²) >= 11 is 0. The summed E-state index contributed by atoms with van der Waals surface area (Å²) in [6, 6.07) is 20.0. The van der Waals surface area contributed by atoms with Gasteiger partial charge in [-0.1, -0.05) is 36.4 Å². The van der Waals surface area contributed by atoms with Gasteiger partial charge in [0.15, 0.2) is 5.82 Å². The van der Waals surface area contributed by atoms with Crippen LogP contribution < -0.4 is 32.7 Å². The minimum atomic E-state index is -0.852. The monoisotopic (exact) mass is 650 g/mol. The normalized spacial score (nSPS) is 15.6. The number of nitrogens with one attached hydrogen (secondary N) is 2. The maximum atomic E-state index is 15.0. The fourth-order valence-corrected chi connectivity index (χ4v) is 5.62. The molecule has 1 aliphatic heterocycles. The zero-order valence-electron chi connectivity index (χ0n) is 25.0. The summed E-state index contributed by atoms with van der Waals surface area (Å²) in [5, 5.41) is 21.2. The number of alkyl carbamates (subject to hydrolysis) is 1. The van der Waals surface area contributed by atoms with Gasteiger partial charge in [0.05, 0.1) is 23.8 Å². The lowest BCUT2D eigenvalue weighted by molar-refractivity contribution is 0.0706. The van der Waals surface area contributed by atoms with E-state index in [2.05, 4.69) is 15.3 Å². The van der Waals surface area contributed by atoms with Crippen molar-refractivity contribution >= 4 is 40.5 Å². The number of halogens is 1. The van der Waals surface area contributed by atoms with Gasteiger partial charge >= 0.3 is 6.09 Å². The number of fused-ring (bicyclic) bond motifs is 1. The summed E-state index contributed by atoms with van der Waals surface area (Å²) in [6.07, 6.45) is -1.51. The molecule has 0 spiro atoms. The second-order valence-corrected chi connectivity index (χ2v) is 10.8. The number of ether oxygens (including phenoxy) is 1. The third kappa shape index (κ3) is 6.00. The third-order valence-corrected chi connectivity index (χ3v) is 7.80. The van der Waals surface area contributed by atoms with Gasteiger partial charge in [-0.25, -0.2) is 19.6 Å². The first kappa shape index (κ1) is 31.4. The van der Waals surface area contributed by atoms with Crippen LogP contribution in [0, 0.1) is 17.1 Å². The average Bonchev–Trinajstić information content (AvgIpc) is 3.50. The molecule has 0 saturated carbocycles. The van der Waals surface area contributed by atoms with Crippen LogP contribution in [0.2, 0.25) is 0 Å². The Morgan fingerprint density at radius 2 is 1.79 bits per heavy atom. The molecule has 3 aromatic carbocycles. The van der Waals surface area contributed by atoms with Crippen molar-refractivity contribution in [2.45, 2.75) is 25.1 Å². The second kappa shape index (κ2) is 13.0. The zero-order valence-corrected chi connectivity index (χ0v) is 25.0. The molecule has 1 aliphatic rings. The number of hydrogen-bond donors (Lipinski definition) is 5. The quantitative estimate of drug-likeness (QED) is 0.127. The van der Waals surface area contributed by atoms with Gasteiger partial charge in [-0.15, -0.1) is 0 Å². The van der Waals surface area contributed by atoms with E-state index in [4.69, 9.17) is 26.4 Å². The van der Waals surface area contributed by atoms with E-state index in [0.717, 1.165) is 0 Å². The number of nitrogen functional groups attached to an aromatic ring is 2. The highest BCUT2D eigenvalue weighted by atomic mass is 19.1. The molecule has 3 heterocycles. The first-order valence-electron chi connectivity index (χ1n) is 14.5. The molecular formula is C32H27FN10O5. The van der Waals surface area contributed by atoms with Crippen LogP contribution in [0.25, 0.3) is 16.6 Å². The van der Waals surface area contributed by atoms with Crippen LogP contribution in [-0.2, 0) is 11.3 Å². The van der Waals surface area contributed by atoms with Gasteiger partial charge in [0.2, 0.25) is 5.95 Å². The van der Waals surface area contributed by atoms with E-state index in [9.17, 15) is 19.6 Å². The number of amides is 2. The molecule has 6 rings (SSSR count). The molecule has 0 radical (unpaired) electrons. The summed E-state index contributed by atoms with van der Waals surface area (Å²) < 4.78 is 22.1. The van der Waals surface area contributed by atoms with E-state index in [1.54, 1.807) is 52.8 Å². The fourth-order valence-electron chi connectivity index (χ4n) is 5.62. The predicted molar refractivity (Wildman–Crippen MR) is 170 cm³/mol. The number of nitrogens with zero attached hydrogens (tertiary/aromatic N) is 6. The van der Waals surface area contributed by atoms with E-state index in [0.29, 0.717) is 11.3 Å². The van der Waals surface area contributed by atoms with Crippen molar-refractivity contribution in [2.24, 2.45) is 0 Å². The van der Waals surface area contributed by atoms with Crippen LogP contribution in [0.3, 0.4) is 0 Å². The van der Waals surface area contributed by atoms with Crippen LogP contribution in [0.15, 0.2) is 77.6 Å². The Morgan fingerprint density at radius 1 is 1.04 bits per heavy atom. The molecule has 2 atom stereocenters. The predicted octanol–water partition coefficient (Wildman–Crippen LogP) is 2.72. The van der Waals surface area contributed by atoms with Crippen molar-refractivity contribution < 1.29 is 23.9 Å². The van der Waals surface area contributed by atoms with E-state index in [1.807, 2.05) is 6.07 Å². The largest absolute Gasteiger partial charge is 0.444 e. The van der Waals surface area contributed by atoms with Crippen molar-refractivity contribution in [1.29, 1.82) is 5.26 Å². The minimum Gasteiger partial charge on any atom is -0.444 e. The molecule has 2 aromatic heterocycles. The van der Waals surface area contributed by atoms with Crippen molar-refractivity contribution in [1.82, 2.24) is 30.3 Å². The third-order valence-electron chi connectivity index (χ3n) is 7.80. The maximum Gasteiger partial charge on any atom is 0.407 e. The Labute approximate surface area is 271 Å². The van der Waals surface area contributed by atoms with Crippen LogP contribution in [-0.4, -0.2) is 49.4 Å². The van der Waals surface area contributed by atoms with Crippen molar-refractivity contribution in [2.75, 3.05) is 22.9 Å². The fraction of sp³-hybridized carbons (Fsp3) is 0.156. The Morgan fingerprint density at radius 3 is 2.50 bits per heavy atom. The molecule has 15 nitrogen and oxygen atoms in total. The highest BCUT2D eigenvalue weighted by Gasteiger charge is 2.41. The molecule has 242 valence electrons. The van der Waals surface area contributed by atoms with Gasteiger partial charge in [-0.3, -0.25) is 19.4 Å². The molecule has 2 amide bonds. The Bertz CT molecular complexity index is 2140. The number of hydroxylamine groups is 1. The Kier molecular flexibility index (Phi) is 8.51. The molecule has 5 aromatic rings. The molecule has 16 heteroatoms. The number of rotatable bonds is 7. The summed E-state index contributed by atoms with van der Waals surface area (Å²) in [7, 11) is 0.